The highest BCUT2D eigenvalue weighted by Gasteiger charge is 2.19. The lowest BCUT2D eigenvalue weighted by atomic mass is 10.4. The predicted molar refractivity (Wildman–Crippen MR) is 73.8 cm³/mol. The van der Waals surface area contributed by atoms with E-state index in [1.165, 1.54) is 23.6 Å². The Bertz CT molecular complexity index is 680. The number of anilines is 1. The highest BCUT2D eigenvalue weighted by atomic mass is 35.5. The van der Waals surface area contributed by atoms with Crippen molar-refractivity contribution in [3.05, 3.63) is 39.2 Å². The Hall–Kier alpha value is -1.11. The second-order valence-electron chi connectivity index (χ2n) is 3.74. The Morgan fingerprint density at radius 3 is 2.61 bits per heavy atom. The molecular weight excluding hydrogens is 292 g/mol. The minimum absolute atomic E-state index is 0.214. The SMILES string of the molecule is Cc1cc(S(=O)(=O)Nc2cc(Cl)ccn2)c(C)s1. The Morgan fingerprint density at radius 2 is 2.06 bits per heavy atom. The van der Waals surface area contributed by atoms with Gasteiger partial charge in [-0.25, -0.2) is 13.4 Å². The monoisotopic (exact) mass is 302 g/mol. The van der Waals surface area contributed by atoms with E-state index >= 15 is 0 Å². The Labute approximate surface area is 115 Å². The summed E-state index contributed by atoms with van der Waals surface area (Å²) in [6.45, 7) is 3.64. The summed E-state index contributed by atoms with van der Waals surface area (Å²) in [5, 5.41) is 0.431. The van der Waals surface area contributed by atoms with Crippen LogP contribution in [0.15, 0.2) is 29.3 Å². The minimum atomic E-state index is -3.60. The van der Waals surface area contributed by atoms with E-state index in [9.17, 15) is 8.42 Å². The van der Waals surface area contributed by atoms with Crippen molar-refractivity contribution in [1.82, 2.24) is 4.98 Å². The molecular formula is C11H11ClN2O2S2. The fraction of sp³-hybridized carbons (Fsp3) is 0.182. The summed E-state index contributed by atoms with van der Waals surface area (Å²) in [5.74, 6) is 0.214. The van der Waals surface area contributed by atoms with Crippen molar-refractivity contribution >= 4 is 38.8 Å². The second kappa shape index (κ2) is 4.87. The molecule has 0 saturated carbocycles. The molecule has 0 unspecified atom stereocenters. The number of nitrogens with one attached hydrogen (secondary N) is 1. The van der Waals surface area contributed by atoms with Gasteiger partial charge in [-0.3, -0.25) is 4.72 Å². The van der Waals surface area contributed by atoms with Crippen molar-refractivity contribution < 1.29 is 8.42 Å². The first-order chi connectivity index (χ1) is 8.38. The van der Waals surface area contributed by atoms with Crippen molar-refractivity contribution in [3.63, 3.8) is 0 Å². The van der Waals surface area contributed by atoms with Gasteiger partial charge in [0.15, 0.2) is 0 Å². The maximum absolute atomic E-state index is 12.2. The molecule has 2 aromatic heterocycles. The van der Waals surface area contributed by atoms with E-state index in [4.69, 9.17) is 11.6 Å². The number of hydrogen-bond acceptors (Lipinski definition) is 4. The van der Waals surface area contributed by atoms with Gasteiger partial charge in [0, 0.05) is 27.0 Å². The maximum Gasteiger partial charge on any atom is 0.264 e. The second-order valence-corrected chi connectivity index (χ2v) is 7.29. The van der Waals surface area contributed by atoms with Gasteiger partial charge in [-0.2, -0.15) is 0 Å². The molecule has 0 atom stereocenters. The molecule has 7 heteroatoms. The topological polar surface area (TPSA) is 59.1 Å². The number of halogens is 1. The summed E-state index contributed by atoms with van der Waals surface area (Å²) in [7, 11) is -3.60. The van der Waals surface area contributed by atoms with Gasteiger partial charge in [-0.05, 0) is 26.0 Å². The molecule has 1 N–H and O–H groups in total. The van der Waals surface area contributed by atoms with Gasteiger partial charge in [-0.15, -0.1) is 11.3 Å². The van der Waals surface area contributed by atoms with Crippen molar-refractivity contribution in [3.8, 4) is 0 Å². The van der Waals surface area contributed by atoms with Crippen LogP contribution in [-0.2, 0) is 10.0 Å². The molecule has 2 aromatic rings. The van der Waals surface area contributed by atoms with Crippen LogP contribution in [0.25, 0.3) is 0 Å². The van der Waals surface area contributed by atoms with Crippen LogP contribution in [0.2, 0.25) is 5.02 Å². The van der Waals surface area contributed by atoms with Gasteiger partial charge in [0.25, 0.3) is 10.0 Å². The number of sulfonamides is 1. The van der Waals surface area contributed by atoms with Crippen molar-refractivity contribution in [2.75, 3.05) is 4.72 Å². The number of pyridine rings is 1. The van der Waals surface area contributed by atoms with Crippen molar-refractivity contribution in [2.24, 2.45) is 0 Å². The molecule has 0 spiro atoms. The van der Waals surface area contributed by atoms with Crippen LogP contribution in [0.5, 0.6) is 0 Å². The summed E-state index contributed by atoms with van der Waals surface area (Å²) in [4.78, 5) is 5.90. The van der Waals surface area contributed by atoms with Crippen LogP contribution >= 0.6 is 22.9 Å². The predicted octanol–water partition coefficient (Wildman–Crippen LogP) is 3.21. The van der Waals surface area contributed by atoms with Crippen LogP contribution in [0.1, 0.15) is 9.75 Å². The third-order valence-corrected chi connectivity index (χ3v) is 5.06. The summed E-state index contributed by atoms with van der Waals surface area (Å²) < 4.78 is 26.7. The fourth-order valence-corrected chi connectivity index (χ4v) is 4.24. The molecule has 0 radical (unpaired) electrons. The summed E-state index contributed by atoms with van der Waals surface area (Å²) in [6, 6.07) is 4.69. The standard InChI is InChI=1S/C11H11ClN2O2S2/c1-7-5-10(8(2)17-7)18(15,16)14-11-6-9(12)3-4-13-11/h3-6H,1-2H3,(H,13,14). The molecule has 0 bridgehead atoms. The Balaban J connectivity index is 2.36. The first-order valence-electron chi connectivity index (χ1n) is 5.10. The van der Waals surface area contributed by atoms with Gasteiger partial charge in [-0.1, -0.05) is 11.6 Å². The van der Waals surface area contributed by atoms with Gasteiger partial charge in [0.2, 0.25) is 0 Å². The lowest BCUT2D eigenvalue weighted by Gasteiger charge is -2.06. The maximum atomic E-state index is 12.2. The average Bonchev–Trinajstić information content (AvgIpc) is 2.58. The van der Waals surface area contributed by atoms with Gasteiger partial charge in [0.05, 0.1) is 0 Å². The molecule has 4 nitrogen and oxygen atoms in total. The number of rotatable bonds is 3. The Kier molecular flexibility index (Phi) is 3.61. The number of thiophene rings is 1. The third kappa shape index (κ3) is 2.82. The zero-order chi connectivity index (χ0) is 13.3. The molecule has 2 rings (SSSR count). The van der Waals surface area contributed by atoms with Crippen LogP contribution in [0.4, 0.5) is 5.82 Å². The number of aromatic nitrogens is 1. The van der Waals surface area contributed by atoms with E-state index in [1.54, 1.807) is 19.1 Å². The van der Waals surface area contributed by atoms with E-state index in [0.29, 0.717) is 5.02 Å². The molecule has 96 valence electrons. The van der Waals surface area contributed by atoms with Crippen LogP contribution in [-0.4, -0.2) is 13.4 Å². The van der Waals surface area contributed by atoms with Crippen LogP contribution in [0, 0.1) is 13.8 Å². The highest BCUT2D eigenvalue weighted by molar-refractivity contribution is 7.93. The molecule has 0 aromatic carbocycles. The summed E-state index contributed by atoms with van der Waals surface area (Å²) in [5.41, 5.74) is 0. The van der Waals surface area contributed by atoms with Gasteiger partial charge < -0.3 is 0 Å². The molecule has 0 fully saturated rings. The molecule has 0 saturated heterocycles. The molecule has 0 aliphatic heterocycles. The zero-order valence-electron chi connectivity index (χ0n) is 9.77. The zero-order valence-corrected chi connectivity index (χ0v) is 12.2. The van der Waals surface area contributed by atoms with E-state index in [-0.39, 0.29) is 10.7 Å². The number of hydrogen-bond donors (Lipinski definition) is 1. The largest absolute Gasteiger partial charge is 0.264 e. The van der Waals surface area contributed by atoms with E-state index in [0.717, 1.165) is 9.75 Å². The quantitative estimate of drug-likeness (QED) is 0.947. The van der Waals surface area contributed by atoms with Gasteiger partial charge >= 0.3 is 0 Å². The first kappa shape index (κ1) is 13.3. The van der Waals surface area contributed by atoms with E-state index in [1.807, 2.05) is 6.92 Å². The minimum Gasteiger partial charge on any atom is -0.263 e. The summed E-state index contributed by atoms with van der Waals surface area (Å²) in [6.07, 6.45) is 1.45. The number of aryl methyl sites for hydroxylation is 2. The average molecular weight is 303 g/mol. The molecule has 0 aliphatic carbocycles. The fourth-order valence-electron chi connectivity index (χ4n) is 1.53. The van der Waals surface area contributed by atoms with Gasteiger partial charge in [0.1, 0.15) is 10.7 Å². The van der Waals surface area contributed by atoms with Crippen LogP contribution in [0.3, 0.4) is 0 Å². The third-order valence-electron chi connectivity index (χ3n) is 2.25. The lowest BCUT2D eigenvalue weighted by Crippen LogP contribution is -2.13. The van der Waals surface area contributed by atoms with E-state index in [2.05, 4.69) is 9.71 Å². The number of nitrogens with zero attached hydrogens (tertiary/aromatic N) is 1. The smallest absolute Gasteiger partial charge is 0.263 e. The molecule has 18 heavy (non-hydrogen) atoms. The first-order valence-corrected chi connectivity index (χ1v) is 7.77. The molecule has 0 amide bonds. The van der Waals surface area contributed by atoms with Crippen LogP contribution < -0.4 is 4.72 Å². The summed E-state index contributed by atoms with van der Waals surface area (Å²) >= 11 is 7.23. The molecule has 2 heterocycles. The Morgan fingerprint density at radius 1 is 1.33 bits per heavy atom. The lowest BCUT2D eigenvalue weighted by molar-refractivity contribution is 0.601. The molecule has 0 aliphatic rings. The van der Waals surface area contributed by atoms with Crippen molar-refractivity contribution in [2.45, 2.75) is 18.7 Å². The highest BCUT2D eigenvalue weighted by Crippen LogP contribution is 2.26. The normalized spacial score (nSPS) is 11.5. The van der Waals surface area contributed by atoms with Crippen molar-refractivity contribution in [1.29, 1.82) is 0 Å². The van der Waals surface area contributed by atoms with E-state index < -0.39 is 10.0 Å².